The predicted octanol–water partition coefficient (Wildman–Crippen LogP) is 4.43. The van der Waals surface area contributed by atoms with E-state index in [1.807, 2.05) is 13.8 Å². The quantitative estimate of drug-likeness (QED) is 0.795. The molecule has 2 rings (SSSR count). The molecule has 0 atom stereocenters. The maximum Gasteiger partial charge on any atom is 0.192 e. The van der Waals surface area contributed by atoms with Gasteiger partial charge in [-0.2, -0.15) is 0 Å². The molecule has 3 nitrogen and oxygen atoms in total. The van der Waals surface area contributed by atoms with Crippen molar-refractivity contribution in [1.82, 2.24) is 15.3 Å². The molecule has 0 unspecified atom stereocenters. The van der Waals surface area contributed by atoms with Crippen LogP contribution in [0.15, 0.2) is 32.7 Å². The van der Waals surface area contributed by atoms with E-state index in [1.165, 1.54) is 16.0 Å². The minimum absolute atomic E-state index is 0.815. The average Bonchev–Trinajstić information content (AvgIpc) is 2.45. The van der Waals surface area contributed by atoms with Gasteiger partial charge in [0.2, 0.25) is 0 Å². The molecule has 0 saturated carbocycles. The fourth-order valence-corrected chi connectivity index (χ4v) is 3.30. The van der Waals surface area contributed by atoms with Gasteiger partial charge in [0.15, 0.2) is 5.16 Å². The number of aromatic nitrogens is 2. The summed E-state index contributed by atoms with van der Waals surface area (Å²) in [7, 11) is 0. The lowest BCUT2D eigenvalue weighted by Gasteiger charge is -2.11. The third-order valence-corrected chi connectivity index (χ3v) is 4.88. The van der Waals surface area contributed by atoms with Crippen molar-refractivity contribution < 1.29 is 0 Å². The second kappa shape index (κ2) is 7.38. The highest BCUT2D eigenvalue weighted by atomic mass is 79.9. The van der Waals surface area contributed by atoms with Crippen LogP contribution >= 0.6 is 27.7 Å². The Labute approximate surface area is 139 Å². The number of aryl methyl sites for hydroxylation is 2. The first-order chi connectivity index (χ1) is 10.0. The molecule has 2 aromatic rings. The molecule has 0 fully saturated rings. The summed E-state index contributed by atoms with van der Waals surface area (Å²) in [6.07, 6.45) is 0. The molecule has 0 amide bonds. The third-order valence-electron chi connectivity index (χ3n) is 3.40. The van der Waals surface area contributed by atoms with E-state index < -0.39 is 0 Å². The highest BCUT2D eigenvalue weighted by Gasteiger charge is 2.10. The monoisotopic (exact) mass is 365 g/mol. The highest BCUT2D eigenvalue weighted by molar-refractivity contribution is 9.10. The Balaban J connectivity index is 2.30. The number of rotatable bonds is 5. The number of halogens is 1. The largest absolute Gasteiger partial charge is 0.313 e. The van der Waals surface area contributed by atoms with Crippen LogP contribution in [0.25, 0.3) is 0 Å². The molecule has 21 heavy (non-hydrogen) atoms. The Morgan fingerprint density at radius 1 is 1.14 bits per heavy atom. The summed E-state index contributed by atoms with van der Waals surface area (Å²) in [6, 6.07) is 6.33. The minimum Gasteiger partial charge on any atom is -0.313 e. The molecular weight excluding hydrogens is 346 g/mol. The maximum atomic E-state index is 4.59. The van der Waals surface area contributed by atoms with E-state index in [1.54, 1.807) is 11.8 Å². The number of nitrogens with one attached hydrogen (secondary N) is 1. The van der Waals surface area contributed by atoms with Crippen LogP contribution in [0, 0.1) is 20.8 Å². The second-order valence-electron chi connectivity index (χ2n) is 4.94. The molecule has 0 bridgehead atoms. The maximum absolute atomic E-state index is 4.59. The van der Waals surface area contributed by atoms with Crippen LogP contribution in [0.1, 0.15) is 29.4 Å². The molecule has 112 valence electrons. The molecule has 0 saturated heterocycles. The zero-order valence-electron chi connectivity index (χ0n) is 12.8. The Morgan fingerprint density at radius 2 is 1.81 bits per heavy atom. The summed E-state index contributed by atoms with van der Waals surface area (Å²) < 4.78 is 1.09. The molecule has 0 aliphatic carbocycles. The van der Waals surface area contributed by atoms with Crippen LogP contribution in [-0.4, -0.2) is 16.5 Å². The van der Waals surface area contributed by atoms with E-state index in [-0.39, 0.29) is 0 Å². The lowest BCUT2D eigenvalue weighted by atomic mass is 10.2. The summed E-state index contributed by atoms with van der Waals surface area (Å²) in [6.45, 7) is 10.1. The van der Waals surface area contributed by atoms with Crippen molar-refractivity contribution in [2.45, 2.75) is 44.3 Å². The number of benzene rings is 1. The van der Waals surface area contributed by atoms with Crippen LogP contribution in [0.5, 0.6) is 0 Å². The van der Waals surface area contributed by atoms with Crippen LogP contribution in [0.3, 0.4) is 0 Å². The smallest absolute Gasteiger partial charge is 0.192 e. The molecule has 0 aliphatic rings. The molecule has 1 aromatic heterocycles. The molecule has 0 spiro atoms. The number of nitrogens with zero attached hydrogens (tertiary/aromatic N) is 2. The van der Waals surface area contributed by atoms with E-state index >= 15 is 0 Å². The van der Waals surface area contributed by atoms with E-state index in [0.29, 0.717) is 0 Å². The van der Waals surface area contributed by atoms with E-state index in [2.05, 4.69) is 63.3 Å². The van der Waals surface area contributed by atoms with Gasteiger partial charge in [-0.3, -0.25) is 0 Å². The molecule has 1 N–H and O–H groups in total. The topological polar surface area (TPSA) is 37.8 Å². The summed E-state index contributed by atoms with van der Waals surface area (Å²) >= 11 is 5.17. The zero-order chi connectivity index (χ0) is 15.4. The van der Waals surface area contributed by atoms with Gasteiger partial charge >= 0.3 is 0 Å². The SMILES string of the molecule is CCNCc1cc(Br)ccc1Sc1nc(C)c(C)c(C)n1. The summed E-state index contributed by atoms with van der Waals surface area (Å²) in [4.78, 5) is 10.4. The minimum atomic E-state index is 0.815. The molecule has 5 heteroatoms. The van der Waals surface area contributed by atoms with Gasteiger partial charge in [0.25, 0.3) is 0 Å². The summed E-state index contributed by atoms with van der Waals surface area (Å²) in [5.41, 5.74) is 4.53. The zero-order valence-corrected chi connectivity index (χ0v) is 15.2. The first kappa shape index (κ1) is 16.5. The van der Waals surface area contributed by atoms with E-state index in [0.717, 1.165) is 34.1 Å². The van der Waals surface area contributed by atoms with Crippen LogP contribution in [0.2, 0.25) is 0 Å². The predicted molar refractivity (Wildman–Crippen MR) is 91.9 cm³/mol. The fourth-order valence-electron chi connectivity index (χ4n) is 1.93. The van der Waals surface area contributed by atoms with Gasteiger partial charge in [-0.05, 0) is 68.4 Å². The molecule has 1 heterocycles. The van der Waals surface area contributed by atoms with Crippen LogP contribution in [-0.2, 0) is 6.54 Å². The van der Waals surface area contributed by atoms with Gasteiger partial charge in [-0.15, -0.1) is 0 Å². The molecule has 0 radical (unpaired) electrons. The normalized spacial score (nSPS) is 10.9. The molecule has 1 aromatic carbocycles. The van der Waals surface area contributed by atoms with Crippen molar-refractivity contribution in [2.75, 3.05) is 6.54 Å². The molecule has 0 aliphatic heterocycles. The summed E-state index contributed by atoms with van der Waals surface area (Å²) in [5, 5.41) is 4.19. The van der Waals surface area contributed by atoms with Crippen molar-refractivity contribution >= 4 is 27.7 Å². The van der Waals surface area contributed by atoms with Crippen molar-refractivity contribution in [1.29, 1.82) is 0 Å². The van der Waals surface area contributed by atoms with Gasteiger partial charge in [0.05, 0.1) is 0 Å². The van der Waals surface area contributed by atoms with Gasteiger partial charge in [-0.1, -0.05) is 22.9 Å². The highest BCUT2D eigenvalue weighted by Crippen LogP contribution is 2.31. The van der Waals surface area contributed by atoms with Gasteiger partial charge in [-0.25, -0.2) is 9.97 Å². The number of hydrogen-bond donors (Lipinski definition) is 1. The van der Waals surface area contributed by atoms with Gasteiger partial charge < -0.3 is 5.32 Å². The van der Waals surface area contributed by atoms with Crippen molar-refractivity contribution in [2.24, 2.45) is 0 Å². The van der Waals surface area contributed by atoms with Crippen molar-refractivity contribution in [3.05, 3.63) is 45.2 Å². The first-order valence-electron chi connectivity index (χ1n) is 7.00. The van der Waals surface area contributed by atoms with Crippen LogP contribution in [0.4, 0.5) is 0 Å². The Hall–Kier alpha value is -0.910. The van der Waals surface area contributed by atoms with Crippen molar-refractivity contribution in [3.8, 4) is 0 Å². The number of hydrogen-bond acceptors (Lipinski definition) is 4. The van der Waals surface area contributed by atoms with Crippen molar-refractivity contribution in [3.63, 3.8) is 0 Å². The van der Waals surface area contributed by atoms with E-state index in [4.69, 9.17) is 0 Å². The average molecular weight is 366 g/mol. The second-order valence-corrected chi connectivity index (χ2v) is 6.86. The lowest BCUT2D eigenvalue weighted by Crippen LogP contribution is -2.12. The van der Waals surface area contributed by atoms with Gasteiger partial charge in [0, 0.05) is 27.3 Å². The van der Waals surface area contributed by atoms with Crippen LogP contribution < -0.4 is 5.32 Å². The fraction of sp³-hybridized carbons (Fsp3) is 0.375. The Kier molecular flexibility index (Phi) is 5.79. The molecular formula is C16H20BrN3S. The Bertz CT molecular complexity index is 620. The first-order valence-corrected chi connectivity index (χ1v) is 8.61. The standard InChI is InChI=1S/C16H20BrN3S/c1-5-18-9-13-8-14(17)6-7-15(13)21-16-19-11(3)10(2)12(4)20-16/h6-8,18H,5,9H2,1-4H3. The lowest BCUT2D eigenvalue weighted by molar-refractivity contribution is 0.717. The summed E-state index contributed by atoms with van der Waals surface area (Å²) in [5.74, 6) is 0. The van der Waals surface area contributed by atoms with E-state index in [9.17, 15) is 0 Å². The van der Waals surface area contributed by atoms with Gasteiger partial charge in [0.1, 0.15) is 0 Å². The Morgan fingerprint density at radius 3 is 2.43 bits per heavy atom. The third kappa shape index (κ3) is 4.28.